The van der Waals surface area contributed by atoms with Gasteiger partial charge in [-0.15, -0.1) is 22.7 Å². The number of aliphatic hydroxyl groups is 1. The normalized spacial score (nSPS) is 10.6. The molecule has 13 heavy (non-hydrogen) atoms. The van der Waals surface area contributed by atoms with Crippen molar-refractivity contribution in [3.8, 4) is 9.88 Å². The fraction of sp³-hybridized carbons (Fsp3) is 0.125. The molecule has 0 spiro atoms. The Morgan fingerprint density at radius 2 is 2.38 bits per heavy atom. The number of rotatable bonds is 2. The number of aliphatic hydroxyl groups excluding tert-OH is 1. The molecule has 0 aliphatic heterocycles. The quantitative estimate of drug-likeness (QED) is 0.914. The second kappa shape index (κ2) is 3.88. The lowest BCUT2D eigenvalue weighted by molar-refractivity contribution is 0.285. The molecule has 0 aliphatic rings. The largest absolute Gasteiger partial charge is 0.391 e. The van der Waals surface area contributed by atoms with E-state index in [1.54, 1.807) is 17.5 Å². The number of thiophene rings is 1. The van der Waals surface area contributed by atoms with Crippen molar-refractivity contribution in [3.63, 3.8) is 0 Å². The molecule has 5 heteroatoms. The van der Waals surface area contributed by atoms with Crippen molar-refractivity contribution >= 4 is 38.6 Å². The minimum atomic E-state index is 0.0701. The van der Waals surface area contributed by atoms with E-state index >= 15 is 0 Å². The van der Waals surface area contributed by atoms with Gasteiger partial charge in [0.25, 0.3) is 0 Å². The van der Waals surface area contributed by atoms with Gasteiger partial charge in [0.05, 0.1) is 16.4 Å². The van der Waals surface area contributed by atoms with Gasteiger partial charge in [0.2, 0.25) is 0 Å². The summed E-state index contributed by atoms with van der Waals surface area (Å²) < 4.78 is 1.07. The maximum Gasteiger partial charge on any atom is 0.134 e. The van der Waals surface area contributed by atoms with Gasteiger partial charge in [-0.2, -0.15) is 0 Å². The van der Waals surface area contributed by atoms with Gasteiger partial charge >= 0.3 is 0 Å². The standard InChI is InChI=1S/C8H6BrNOS2/c9-6-1-2-12-7(6)8-10-3-5(4-11)13-8/h1-3,11H,4H2. The summed E-state index contributed by atoms with van der Waals surface area (Å²) in [5.41, 5.74) is 0. The van der Waals surface area contributed by atoms with Gasteiger partial charge in [-0.3, -0.25) is 0 Å². The first-order valence-corrected chi connectivity index (χ1v) is 6.09. The Morgan fingerprint density at radius 1 is 1.54 bits per heavy atom. The summed E-state index contributed by atoms with van der Waals surface area (Å²) in [6.07, 6.45) is 1.71. The Bertz CT molecular complexity index is 410. The molecule has 0 saturated carbocycles. The predicted molar refractivity (Wildman–Crippen MR) is 59.0 cm³/mol. The molecule has 0 bridgehead atoms. The van der Waals surface area contributed by atoms with Crippen LogP contribution in [0.2, 0.25) is 0 Å². The number of hydrogen-bond donors (Lipinski definition) is 1. The third-order valence-electron chi connectivity index (χ3n) is 1.52. The highest BCUT2D eigenvalue weighted by Crippen LogP contribution is 2.35. The van der Waals surface area contributed by atoms with E-state index in [1.165, 1.54) is 11.3 Å². The van der Waals surface area contributed by atoms with E-state index in [9.17, 15) is 0 Å². The van der Waals surface area contributed by atoms with Crippen molar-refractivity contribution in [1.29, 1.82) is 0 Å². The predicted octanol–water partition coefficient (Wildman–Crippen LogP) is 3.13. The summed E-state index contributed by atoms with van der Waals surface area (Å²) in [6.45, 7) is 0.0701. The van der Waals surface area contributed by atoms with E-state index in [2.05, 4.69) is 20.9 Å². The molecule has 0 atom stereocenters. The molecule has 2 aromatic rings. The molecule has 0 unspecified atom stereocenters. The molecule has 2 rings (SSSR count). The first-order valence-electron chi connectivity index (χ1n) is 3.60. The van der Waals surface area contributed by atoms with Crippen LogP contribution in [0.3, 0.4) is 0 Å². The number of aromatic nitrogens is 1. The molecule has 0 fully saturated rings. The van der Waals surface area contributed by atoms with Gasteiger partial charge in [-0.1, -0.05) is 0 Å². The summed E-state index contributed by atoms with van der Waals surface area (Å²) in [6, 6.07) is 2.00. The fourth-order valence-corrected chi connectivity index (χ4v) is 3.51. The third-order valence-corrected chi connectivity index (χ3v) is 4.49. The van der Waals surface area contributed by atoms with Gasteiger partial charge in [-0.05, 0) is 27.4 Å². The molecule has 0 aliphatic carbocycles. The van der Waals surface area contributed by atoms with Crippen molar-refractivity contribution in [2.45, 2.75) is 6.61 Å². The lowest BCUT2D eigenvalue weighted by Crippen LogP contribution is -1.70. The van der Waals surface area contributed by atoms with Crippen molar-refractivity contribution in [3.05, 3.63) is 27.0 Å². The Morgan fingerprint density at radius 3 is 2.92 bits per heavy atom. The molecule has 2 aromatic heterocycles. The summed E-state index contributed by atoms with van der Waals surface area (Å²) >= 11 is 6.62. The van der Waals surface area contributed by atoms with E-state index in [1.807, 2.05) is 11.4 Å². The van der Waals surface area contributed by atoms with Crippen LogP contribution < -0.4 is 0 Å². The van der Waals surface area contributed by atoms with Crippen molar-refractivity contribution in [2.75, 3.05) is 0 Å². The second-order valence-corrected chi connectivity index (χ2v) is 5.27. The maximum atomic E-state index is 8.88. The van der Waals surface area contributed by atoms with Gasteiger partial charge in [-0.25, -0.2) is 4.98 Å². The van der Waals surface area contributed by atoms with Gasteiger partial charge in [0.1, 0.15) is 5.01 Å². The Labute approximate surface area is 92.0 Å². The lowest BCUT2D eigenvalue weighted by Gasteiger charge is -1.89. The molecule has 0 amide bonds. The van der Waals surface area contributed by atoms with Gasteiger partial charge < -0.3 is 5.11 Å². The minimum absolute atomic E-state index is 0.0701. The van der Waals surface area contributed by atoms with Crippen LogP contribution in [-0.2, 0) is 6.61 Å². The fourth-order valence-electron chi connectivity index (χ4n) is 0.932. The Kier molecular flexibility index (Phi) is 2.78. The number of halogens is 1. The van der Waals surface area contributed by atoms with E-state index in [0.717, 1.165) is 19.2 Å². The van der Waals surface area contributed by atoms with Crippen LogP contribution in [0.5, 0.6) is 0 Å². The zero-order valence-electron chi connectivity index (χ0n) is 6.53. The topological polar surface area (TPSA) is 33.1 Å². The number of hydrogen-bond acceptors (Lipinski definition) is 4. The highest BCUT2D eigenvalue weighted by atomic mass is 79.9. The van der Waals surface area contributed by atoms with Gasteiger partial charge in [0, 0.05) is 10.7 Å². The molecule has 0 radical (unpaired) electrons. The summed E-state index contributed by atoms with van der Waals surface area (Å²) in [7, 11) is 0. The average Bonchev–Trinajstić information content (AvgIpc) is 2.71. The van der Waals surface area contributed by atoms with E-state index < -0.39 is 0 Å². The lowest BCUT2D eigenvalue weighted by atomic mass is 10.5. The molecular formula is C8H6BrNOS2. The molecule has 2 nitrogen and oxygen atoms in total. The molecule has 2 heterocycles. The molecule has 1 N–H and O–H groups in total. The number of thiazole rings is 1. The highest BCUT2D eigenvalue weighted by molar-refractivity contribution is 9.10. The van der Waals surface area contributed by atoms with Crippen LogP contribution in [0.4, 0.5) is 0 Å². The van der Waals surface area contributed by atoms with Crippen molar-refractivity contribution in [1.82, 2.24) is 4.98 Å². The van der Waals surface area contributed by atoms with Crippen LogP contribution in [0.15, 0.2) is 22.1 Å². The zero-order chi connectivity index (χ0) is 9.26. The summed E-state index contributed by atoms with van der Waals surface area (Å²) in [5.74, 6) is 0. The average molecular weight is 276 g/mol. The SMILES string of the molecule is OCc1cnc(-c2sccc2Br)s1. The summed E-state index contributed by atoms with van der Waals surface area (Å²) in [5, 5.41) is 11.9. The first-order chi connectivity index (χ1) is 6.31. The maximum absolute atomic E-state index is 8.88. The van der Waals surface area contributed by atoms with E-state index in [0.29, 0.717) is 0 Å². The molecule has 0 saturated heterocycles. The van der Waals surface area contributed by atoms with Crippen LogP contribution in [-0.4, -0.2) is 10.1 Å². The smallest absolute Gasteiger partial charge is 0.134 e. The molecular weight excluding hydrogens is 270 g/mol. The Balaban J connectivity index is 2.41. The highest BCUT2D eigenvalue weighted by Gasteiger charge is 2.08. The van der Waals surface area contributed by atoms with Crippen LogP contribution in [0.25, 0.3) is 9.88 Å². The van der Waals surface area contributed by atoms with Crippen molar-refractivity contribution in [2.24, 2.45) is 0 Å². The van der Waals surface area contributed by atoms with Crippen LogP contribution >= 0.6 is 38.6 Å². The second-order valence-electron chi connectivity index (χ2n) is 2.39. The summed E-state index contributed by atoms with van der Waals surface area (Å²) in [4.78, 5) is 6.26. The Hall–Kier alpha value is -0.230. The van der Waals surface area contributed by atoms with Crippen LogP contribution in [0, 0.1) is 0 Å². The molecule has 68 valence electrons. The van der Waals surface area contributed by atoms with Crippen LogP contribution in [0.1, 0.15) is 4.88 Å². The monoisotopic (exact) mass is 275 g/mol. The van der Waals surface area contributed by atoms with E-state index in [-0.39, 0.29) is 6.61 Å². The van der Waals surface area contributed by atoms with Crippen molar-refractivity contribution < 1.29 is 5.11 Å². The van der Waals surface area contributed by atoms with Gasteiger partial charge in [0.15, 0.2) is 0 Å². The van der Waals surface area contributed by atoms with E-state index in [4.69, 9.17) is 5.11 Å². The first kappa shape index (κ1) is 9.33. The third kappa shape index (κ3) is 1.83. The zero-order valence-corrected chi connectivity index (χ0v) is 9.75. The number of nitrogens with zero attached hydrogens (tertiary/aromatic N) is 1. The minimum Gasteiger partial charge on any atom is -0.391 e. The molecule has 0 aromatic carbocycles.